The first kappa shape index (κ1) is 33.4. The summed E-state index contributed by atoms with van der Waals surface area (Å²) < 4.78 is 8.47. The highest BCUT2D eigenvalue weighted by atomic mass is 16.3. The molecule has 0 bridgehead atoms. The number of rotatable bonds is 9. The van der Waals surface area contributed by atoms with Gasteiger partial charge in [0.05, 0.1) is 16.7 Å². The van der Waals surface area contributed by atoms with E-state index >= 15 is 0 Å². The zero-order valence-electron chi connectivity index (χ0n) is 30.9. The maximum absolute atomic E-state index is 8.80. The van der Waals surface area contributed by atoms with Crippen molar-refractivity contribution in [3.05, 3.63) is 205 Å². The van der Waals surface area contributed by atoms with Crippen LogP contribution < -0.4 is 5.32 Å². The molecule has 0 unspecified atom stereocenters. The van der Waals surface area contributed by atoms with E-state index in [1.807, 2.05) is 36.4 Å². The number of fused-ring (bicyclic) bond motifs is 6. The fraction of sp³-hybridized carbons (Fsp3) is 0.0577. The Labute approximate surface area is 325 Å². The molecule has 0 aliphatic heterocycles. The fourth-order valence-corrected chi connectivity index (χ4v) is 8.14. The van der Waals surface area contributed by atoms with E-state index in [9.17, 15) is 0 Å². The van der Waals surface area contributed by atoms with E-state index in [-0.39, 0.29) is 0 Å². The van der Waals surface area contributed by atoms with Gasteiger partial charge < -0.3 is 19.7 Å². The predicted molar refractivity (Wildman–Crippen MR) is 234 cm³/mol. The molecule has 7 aromatic carbocycles. The second-order valence-electron chi connectivity index (χ2n) is 14.4. The lowest BCUT2D eigenvalue weighted by Crippen LogP contribution is -2.14. The molecule has 0 spiro atoms. The normalized spacial score (nSPS) is 13.1. The molecule has 10 rings (SSSR count). The van der Waals surface area contributed by atoms with Gasteiger partial charge in [0.25, 0.3) is 0 Å². The van der Waals surface area contributed by atoms with Crippen molar-refractivity contribution in [1.82, 2.24) is 9.88 Å². The zero-order valence-corrected chi connectivity index (χ0v) is 30.9. The molecular weight excluding hydrogens is 683 g/mol. The summed E-state index contributed by atoms with van der Waals surface area (Å²) in [7, 11) is 0. The fourth-order valence-electron chi connectivity index (χ4n) is 8.14. The lowest BCUT2D eigenvalue weighted by atomic mass is 9.98. The highest BCUT2D eigenvalue weighted by Gasteiger charge is 2.17. The van der Waals surface area contributed by atoms with Crippen LogP contribution in [0.4, 0.5) is 0 Å². The topological polar surface area (TPSA) is 54.0 Å². The Morgan fingerprint density at radius 3 is 2.16 bits per heavy atom. The molecule has 0 saturated carbocycles. The van der Waals surface area contributed by atoms with Crippen molar-refractivity contribution in [3.8, 4) is 27.9 Å². The summed E-state index contributed by atoms with van der Waals surface area (Å²) in [6.07, 6.45) is 10.3. The molecule has 0 amide bonds. The molecule has 0 saturated heterocycles. The minimum Gasteiger partial charge on any atom is -0.456 e. The Morgan fingerprint density at radius 2 is 1.34 bits per heavy atom. The first-order valence-corrected chi connectivity index (χ1v) is 19.3. The van der Waals surface area contributed by atoms with Crippen molar-refractivity contribution in [1.29, 1.82) is 5.41 Å². The average molecular weight is 722 g/mol. The number of nitrogens with zero attached hydrogens (tertiary/aromatic N) is 1. The first-order chi connectivity index (χ1) is 27.7. The van der Waals surface area contributed by atoms with Crippen molar-refractivity contribution < 1.29 is 4.42 Å². The number of hydrogen-bond acceptors (Lipinski definition) is 3. The van der Waals surface area contributed by atoms with Crippen LogP contribution in [0.1, 0.15) is 24.0 Å². The molecule has 4 heteroatoms. The second kappa shape index (κ2) is 14.2. The average Bonchev–Trinajstić information content (AvgIpc) is 3.81. The van der Waals surface area contributed by atoms with Crippen LogP contribution in [0.3, 0.4) is 0 Å². The number of hydrogen-bond donors (Lipinski definition) is 2. The van der Waals surface area contributed by atoms with E-state index in [1.54, 1.807) is 0 Å². The minimum atomic E-state index is 0.520. The lowest BCUT2D eigenvalue weighted by molar-refractivity contribution is 0.669. The van der Waals surface area contributed by atoms with Crippen LogP contribution in [0.15, 0.2) is 198 Å². The van der Waals surface area contributed by atoms with Crippen LogP contribution >= 0.6 is 0 Å². The Balaban J connectivity index is 0.955. The number of benzene rings is 7. The number of furan rings is 1. The van der Waals surface area contributed by atoms with Crippen molar-refractivity contribution in [2.75, 3.05) is 0 Å². The van der Waals surface area contributed by atoms with Crippen molar-refractivity contribution in [3.63, 3.8) is 0 Å². The zero-order chi connectivity index (χ0) is 37.4. The molecule has 0 fully saturated rings. The van der Waals surface area contributed by atoms with Crippen LogP contribution in [0.25, 0.3) is 77.4 Å². The summed E-state index contributed by atoms with van der Waals surface area (Å²) in [4.78, 5) is 0. The van der Waals surface area contributed by atoms with Crippen molar-refractivity contribution in [2.45, 2.75) is 19.4 Å². The highest BCUT2D eigenvalue weighted by Crippen LogP contribution is 2.39. The molecule has 0 radical (unpaired) electrons. The summed E-state index contributed by atoms with van der Waals surface area (Å²) in [5, 5.41) is 17.2. The van der Waals surface area contributed by atoms with Gasteiger partial charge in [0.2, 0.25) is 0 Å². The molecule has 2 heterocycles. The number of aromatic nitrogens is 1. The summed E-state index contributed by atoms with van der Waals surface area (Å²) in [6, 6.07) is 58.2. The molecule has 4 nitrogen and oxygen atoms in total. The monoisotopic (exact) mass is 721 g/mol. The Bertz CT molecular complexity index is 3010. The first-order valence-electron chi connectivity index (χ1n) is 19.3. The van der Waals surface area contributed by atoms with Gasteiger partial charge in [-0.05, 0) is 100 Å². The highest BCUT2D eigenvalue weighted by molar-refractivity contribution is 6.16. The van der Waals surface area contributed by atoms with Gasteiger partial charge in [-0.15, -0.1) is 0 Å². The molecule has 2 N–H and O–H groups in total. The number of para-hydroxylation sites is 2. The summed E-state index contributed by atoms with van der Waals surface area (Å²) in [5.74, 6) is 0. The summed E-state index contributed by atoms with van der Waals surface area (Å²) >= 11 is 0. The quantitative estimate of drug-likeness (QED) is 0.146. The molecule has 1 aliphatic carbocycles. The second-order valence-corrected chi connectivity index (χ2v) is 14.4. The number of allylic oxidation sites excluding steroid dienone is 5. The SMILES string of the molecule is N=C(/C=C(\NCc1ccc(-c2cccc3c2c2ccccc2n3-c2ccc(-c3ccc4oc5ccccc5c4c3)cc2)cc1)c1ccccc1)C1=CCCC=C1. The largest absolute Gasteiger partial charge is 0.456 e. The predicted octanol–water partition coefficient (Wildman–Crippen LogP) is 13.4. The smallest absolute Gasteiger partial charge is 0.135 e. The van der Waals surface area contributed by atoms with Crippen LogP contribution in [0.5, 0.6) is 0 Å². The summed E-state index contributed by atoms with van der Waals surface area (Å²) in [6.45, 7) is 0.648. The van der Waals surface area contributed by atoms with Gasteiger partial charge in [-0.3, -0.25) is 0 Å². The van der Waals surface area contributed by atoms with Gasteiger partial charge in [-0.2, -0.15) is 0 Å². The van der Waals surface area contributed by atoms with Gasteiger partial charge in [0.15, 0.2) is 0 Å². The van der Waals surface area contributed by atoms with E-state index in [1.165, 1.54) is 49.6 Å². The Morgan fingerprint density at radius 1 is 0.625 bits per heavy atom. The molecule has 268 valence electrons. The molecule has 2 aromatic heterocycles. The van der Waals surface area contributed by atoms with Crippen LogP contribution in [-0.4, -0.2) is 10.3 Å². The van der Waals surface area contributed by atoms with Gasteiger partial charge >= 0.3 is 0 Å². The molecule has 1 aliphatic rings. The Hall–Kier alpha value is -7.17. The van der Waals surface area contributed by atoms with Crippen LogP contribution in [0, 0.1) is 5.41 Å². The molecular formula is C52H39N3O. The van der Waals surface area contributed by atoms with Gasteiger partial charge in [-0.25, -0.2) is 0 Å². The molecule has 9 aromatic rings. The lowest BCUT2D eigenvalue weighted by Gasteiger charge is -2.14. The van der Waals surface area contributed by atoms with Crippen molar-refractivity contribution >= 4 is 55.2 Å². The summed E-state index contributed by atoms with van der Waals surface area (Å²) in [5.41, 5.74) is 14.7. The minimum absolute atomic E-state index is 0.520. The third kappa shape index (κ3) is 6.11. The molecule has 56 heavy (non-hydrogen) atoms. The third-order valence-electron chi connectivity index (χ3n) is 11.0. The van der Waals surface area contributed by atoms with Gasteiger partial charge in [-0.1, -0.05) is 140 Å². The van der Waals surface area contributed by atoms with Crippen LogP contribution in [0.2, 0.25) is 0 Å². The molecule has 0 atom stereocenters. The van der Waals surface area contributed by atoms with E-state index in [4.69, 9.17) is 9.83 Å². The maximum atomic E-state index is 8.80. The van der Waals surface area contributed by atoms with Crippen LogP contribution in [-0.2, 0) is 6.54 Å². The van der Waals surface area contributed by atoms with Gasteiger partial charge in [0, 0.05) is 39.5 Å². The van der Waals surface area contributed by atoms with E-state index in [0.717, 1.165) is 57.3 Å². The third-order valence-corrected chi connectivity index (χ3v) is 11.0. The van der Waals surface area contributed by atoms with E-state index in [0.29, 0.717) is 12.3 Å². The number of nitrogens with one attached hydrogen (secondary N) is 2. The Kier molecular flexibility index (Phi) is 8.49. The van der Waals surface area contributed by atoms with E-state index < -0.39 is 0 Å². The van der Waals surface area contributed by atoms with Gasteiger partial charge in [0.1, 0.15) is 11.2 Å². The maximum Gasteiger partial charge on any atom is 0.135 e. The standard InChI is InChI=1S/C52H39N3O/c53-46(38-12-3-1-4-13-38)33-47(39-14-5-2-6-15-39)54-34-35-22-24-37(25-23-35)42-18-11-20-49-52(42)44-17-7-9-19-48(44)55(49)41-29-26-36(27-30-41)40-28-31-51-45(32-40)43-16-8-10-21-50(43)56-51/h2-3,5-33,53-54H,1,4,34H2/b47-33-,53-46?. The van der Waals surface area contributed by atoms with E-state index in [2.05, 4.69) is 162 Å². The van der Waals surface area contributed by atoms with Crippen molar-refractivity contribution in [2.24, 2.45) is 0 Å².